The number of nitrogens with one attached hydrogen (secondary N) is 1. The molecule has 0 aliphatic rings. The molecule has 0 unspecified atom stereocenters. The van der Waals surface area contributed by atoms with Gasteiger partial charge in [-0.15, -0.1) is 0 Å². The number of nitrogens with zero attached hydrogens (tertiary/aromatic N) is 1. The van der Waals surface area contributed by atoms with E-state index in [1.54, 1.807) is 7.11 Å². The Morgan fingerprint density at radius 3 is 2.61 bits per heavy atom. The van der Waals surface area contributed by atoms with Crippen LogP contribution in [0.5, 0.6) is 5.75 Å². The molecule has 0 amide bonds. The zero-order valence-corrected chi connectivity index (χ0v) is 12.3. The van der Waals surface area contributed by atoms with Gasteiger partial charge in [0.15, 0.2) is 0 Å². The molecule has 0 atom stereocenters. The number of benzene rings is 1. The van der Waals surface area contributed by atoms with E-state index in [0.717, 1.165) is 25.3 Å². The Balaban J connectivity index is 2.38. The summed E-state index contributed by atoms with van der Waals surface area (Å²) in [6.45, 7) is 8.66. The minimum absolute atomic E-state index is 0.203. The highest BCUT2D eigenvalue weighted by atomic mass is 16.5. The number of rotatable bonds is 6. The van der Waals surface area contributed by atoms with Crippen molar-refractivity contribution in [3.8, 4) is 5.75 Å². The van der Waals surface area contributed by atoms with Crippen molar-refractivity contribution in [2.45, 2.75) is 32.7 Å². The maximum atomic E-state index is 5.24. The van der Waals surface area contributed by atoms with Gasteiger partial charge < -0.3 is 15.0 Å². The molecule has 1 aromatic carbocycles. The van der Waals surface area contributed by atoms with Crippen molar-refractivity contribution in [1.29, 1.82) is 0 Å². The smallest absolute Gasteiger partial charge is 0.120 e. The zero-order valence-electron chi connectivity index (χ0n) is 12.3. The van der Waals surface area contributed by atoms with E-state index >= 15 is 0 Å². The van der Waals surface area contributed by atoms with Gasteiger partial charge in [-0.3, -0.25) is 0 Å². The molecule has 102 valence electrons. The SMILES string of the molecule is COc1cccc(N(C)CCCNC(C)(C)C)c1. The van der Waals surface area contributed by atoms with Gasteiger partial charge in [0.25, 0.3) is 0 Å². The number of ether oxygens (including phenoxy) is 1. The van der Waals surface area contributed by atoms with Crippen LogP contribution in [0, 0.1) is 0 Å². The lowest BCUT2D eigenvalue weighted by Gasteiger charge is -2.23. The van der Waals surface area contributed by atoms with E-state index in [4.69, 9.17) is 4.74 Å². The highest BCUT2D eigenvalue weighted by Gasteiger charge is 2.08. The Labute approximate surface area is 111 Å². The summed E-state index contributed by atoms with van der Waals surface area (Å²) in [5, 5.41) is 3.50. The third kappa shape index (κ3) is 5.41. The van der Waals surface area contributed by atoms with Gasteiger partial charge in [-0.05, 0) is 45.9 Å². The van der Waals surface area contributed by atoms with Crippen molar-refractivity contribution in [3.63, 3.8) is 0 Å². The van der Waals surface area contributed by atoms with Crippen LogP contribution in [0.4, 0.5) is 5.69 Å². The molecule has 3 nitrogen and oxygen atoms in total. The van der Waals surface area contributed by atoms with Gasteiger partial charge in [-0.1, -0.05) is 6.07 Å². The molecule has 0 aliphatic carbocycles. The molecule has 0 saturated heterocycles. The van der Waals surface area contributed by atoms with Crippen molar-refractivity contribution >= 4 is 5.69 Å². The van der Waals surface area contributed by atoms with Crippen LogP contribution < -0.4 is 15.0 Å². The molecule has 0 fully saturated rings. The summed E-state index contributed by atoms with van der Waals surface area (Å²) >= 11 is 0. The molecule has 0 aromatic heterocycles. The number of anilines is 1. The second kappa shape index (κ2) is 6.64. The lowest BCUT2D eigenvalue weighted by atomic mass is 10.1. The molecule has 0 radical (unpaired) electrons. The second-order valence-electron chi connectivity index (χ2n) is 5.65. The summed E-state index contributed by atoms with van der Waals surface area (Å²) in [5.41, 5.74) is 1.40. The fourth-order valence-corrected chi connectivity index (χ4v) is 1.76. The highest BCUT2D eigenvalue weighted by Crippen LogP contribution is 2.19. The molecular weight excluding hydrogens is 224 g/mol. The molecule has 1 rings (SSSR count). The lowest BCUT2D eigenvalue weighted by Crippen LogP contribution is -2.37. The molecule has 1 N–H and O–H groups in total. The van der Waals surface area contributed by atoms with E-state index in [-0.39, 0.29) is 5.54 Å². The Hall–Kier alpha value is -1.22. The molecule has 0 heterocycles. The topological polar surface area (TPSA) is 24.5 Å². The maximum absolute atomic E-state index is 5.24. The van der Waals surface area contributed by atoms with Gasteiger partial charge in [-0.25, -0.2) is 0 Å². The zero-order chi connectivity index (χ0) is 13.6. The predicted molar refractivity (Wildman–Crippen MR) is 78.6 cm³/mol. The van der Waals surface area contributed by atoms with Crippen LogP contribution in [-0.2, 0) is 0 Å². The van der Waals surface area contributed by atoms with Gasteiger partial charge in [0.1, 0.15) is 5.75 Å². The van der Waals surface area contributed by atoms with Crippen LogP contribution in [0.2, 0.25) is 0 Å². The van der Waals surface area contributed by atoms with Crippen LogP contribution in [0.25, 0.3) is 0 Å². The first-order valence-corrected chi connectivity index (χ1v) is 6.52. The first kappa shape index (κ1) is 14.8. The summed E-state index contributed by atoms with van der Waals surface area (Å²) < 4.78 is 5.24. The largest absolute Gasteiger partial charge is 0.497 e. The first-order chi connectivity index (χ1) is 8.42. The van der Waals surface area contributed by atoms with Crippen molar-refractivity contribution in [1.82, 2.24) is 5.32 Å². The molecular formula is C15H26N2O. The quantitative estimate of drug-likeness (QED) is 0.786. The molecule has 18 heavy (non-hydrogen) atoms. The Morgan fingerprint density at radius 1 is 1.28 bits per heavy atom. The van der Waals surface area contributed by atoms with Crippen molar-refractivity contribution < 1.29 is 4.74 Å². The average Bonchev–Trinajstić information content (AvgIpc) is 2.33. The number of methoxy groups -OCH3 is 1. The van der Waals surface area contributed by atoms with Crippen LogP contribution in [0.3, 0.4) is 0 Å². The van der Waals surface area contributed by atoms with Gasteiger partial charge in [0.2, 0.25) is 0 Å². The van der Waals surface area contributed by atoms with Crippen LogP contribution in [0.1, 0.15) is 27.2 Å². The number of hydrogen-bond acceptors (Lipinski definition) is 3. The average molecular weight is 250 g/mol. The monoisotopic (exact) mass is 250 g/mol. The van der Waals surface area contributed by atoms with Gasteiger partial charge in [0, 0.05) is 30.9 Å². The normalized spacial score (nSPS) is 11.4. The standard InChI is InChI=1S/C15H26N2O/c1-15(2,3)16-10-7-11-17(4)13-8-6-9-14(12-13)18-5/h6,8-9,12,16H,7,10-11H2,1-5H3. The van der Waals surface area contributed by atoms with E-state index in [1.807, 2.05) is 12.1 Å². The first-order valence-electron chi connectivity index (χ1n) is 6.52. The molecule has 0 aliphatic heterocycles. The summed E-state index contributed by atoms with van der Waals surface area (Å²) in [6.07, 6.45) is 1.13. The summed E-state index contributed by atoms with van der Waals surface area (Å²) in [5.74, 6) is 0.909. The molecule has 0 bridgehead atoms. The fraction of sp³-hybridized carbons (Fsp3) is 0.600. The number of hydrogen-bond donors (Lipinski definition) is 1. The second-order valence-corrected chi connectivity index (χ2v) is 5.65. The van der Waals surface area contributed by atoms with Crippen molar-refractivity contribution in [3.05, 3.63) is 24.3 Å². The van der Waals surface area contributed by atoms with Crippen LogP contribution in [-0.4, -0.2) is 32.8 Å². The van der Waals surface area contributed by atoms with Gasteiger partial charge >= 0.3 is 0 Å². The van der Waals surface area contributed by atoms with E-state index in [9.17, 15) is 0 Å². The molecule has 1 aromatic rings. The van der Waals surface area contributed by atoms with Crippen molar-refractivity contribution in [2.24, 2.45) is 0 Å². The minimum atomic E-state index is 0.203. The van der Waals surface area contributed by atoms with Crippen LogP contribution >= 0.6 is 0 Å². The van der Waals surface area contributed by atoms with Crippen LogP contribution in [0.15, 0.2) is 24.3 Å². The van der Waals surface area contributed by atoms with E-state index in [1.165, 1.54) is 5.69 Å². The van der Waals surface area contributed by atoms with Gasteiger partial charge in [0.05, 0.1) is 7.11 Å². The van der Waals surface area contributed by atoms with Gasteiger partial charge in [-0.2, -0.15) is 0 Å². The molecule has 0 spiro atoms. The fourth-order valence-electron chi connectivity index (χ4n) is 1.76. The summed E-state index contributed by atoms with van der Waals surface area (Å²) in [4.78, 5) is 2.26. The van der Waals surface area contributed by atoms with E-state index < -0.39 is 0 Å². The van der Waals surface area contributed by atoms with Crippen molar-refractivity contribution in [2.75, 3.05) is 32.1 Å². The molecule has 3 heteroatoms. The van der Waals surface area contributed by atoms with E-state index in [2.05, 4.69) is 50.2 Å². The Morgan fingerprint density at radius 2 is 2.00 bits per heavy atom. The lowest BCUT2D eigenvalue weighted by molar-refractivity contribution is 0.414. The Bertz CT molecular complexity index is 358. The third-order valence-electron chi connectivity index (χ3n) is 2.82. The van der Waals surface area contributed by atoms with E-state index in [0.29, 0.717) is 0 Å². The maximum Gasteiger partial charge on any atom is 0.120 e. The molecule has 0 saturated carbocycles. The predicted octanol–water partition coefficient (Wildman–Crippen LogP) is 2.91. The highest BCUT2D eigenvalue weighted by molar-refractivity contribution is 5.49. The summed E-state index contributed by atoms with van der Waals surface area (Å²) in [6, 6.07) is 8.17. The minimum Gasteiger partial charge on any atom is -0.497 e. The summed E-state index contributed by atoms with van der Waals surface area (Å²) in [7, 11) is 3.82. The third-order valence-corrected chi connectivity index (χ3v) is 2.82. The Kier molecular flexibility index (Phi) is 5.48.